The summed E-state index contributed by atoms with van der Waals surface area (Å²) in [5.41, 5.74) is 6.73. The monoisotopic (exact) mass is 342 g/mol. The number of halogens is 1. The third kappa shape index (κ3) is 4.28. The Balaban J connectivity index is 2.83. The standard InChI is InChI=1S/C14H19BrN2OS/c1-9(2)12(13(16)19)14(18)17(3)8-10-6-4-5-7-11(10)15/h4-7,9,12H,8H2,1-3H3,(H2,16,19). The molecule has 1 aromatic rings. The van der Waals surface area contributed by atoms with Gasteiger partial charge in [0.25, 0.3) is 0 Å². The average molecular weight is 343 g/mol. The summed E-state index contributed by atoms with van der Waals surface area (Å²) in [4.78, 5) is 14.3. The van der Waals surface area contributed by atoms with E-state index in [1.165, 1.54) is 0 Å². The highest BCUT2D eigenvalue weighted by atomic mass is 79.9. The number of carbonyl (C=O) groups excluding carboxylic acids is 1. The number of nitrogens with zero attached hydrogens (tertiary/aromatic N) is 1. The van der Waals surface area contributed by atoms with E-state index in [1.807, 2.05) is 38.1 Å². The molecule has 0 fully saturated rings. The van der Waals surface area contributed by atoms with Gasteiger partial charge in [-0.3, -0.25) is 4.79 Å². The van der Waals surface area contributed by atoms with Crippen LogP contribution in [0.2, 0.25) is 0 Å². The van der Waals surface area contributed by atoms with Gasteiger partial charge >= 0.3 is 0 Å². The van der Waals surface area contributed by atoms with E-state index in [1.54, 1.807) is 11.9 Å². The first kappa shape index (κ1) is 16.1. The molecule has 104 valence electrons. The molecule has 3 nitrogen and oxygen atoms in total. The summed E-state index contributed by atoms with van der Waals surface area (Å²) < 4.78 is 0.992. The lowest BCUT2D eigenvalue weighted by atomic mass is 9.94. The molecule has 5 heteroatoms. The van der Waals surface area contributed by atoms with Gasteiger partial charge in [-0.1, -0.05) is 60.2 Å². The van der Waals surface area contributed by atoms with Crippen LogP contribution in [0, 0.1) is 11.8 Å². The van der Waals surface area contributed by atoms with Crippen LogP contribution < -0.4 is 5.73 Å². The van der Waals surface area contributed by atoms with E-state index in [0.29, 0.717) is 6.54 Å². The highest BCUT2D eigenvalue weighted by Gasteiger charge is 2.27. The van der Waals surface area contributed by atoms with Gasteiger partial charge in [-0.2, -0.15) is 0 Å². The average Bonchev–Trinajstić information content (AvgIpc) is 2.31. The maximum absolute atomic E-state index is 12.4. The van der Waals surface area contributed by atoms with Crippen molar-refractivity contribution < 1.29 is 4.79 Å². The number of hydrogen-bond acceptors (Lipinski definition) is 2. The minimum atomic E-state index is -0.400. The molecular weight excluding hydrogens is 324 g/mol. The van der Waals surface area contributed by atoms with Crippen LogP contribution in [-0.4, -0.2) is 22.8 Å². The summed E-state index contributed by atoms with van der Waals surface area (Å²) in [6.07, 6.45) is 0. The summed E-state index contributed by atoms with van der Waals surface area (Å²) in [5, 5.41) is 0. The lowest BCUT2D eigenvalue weighted by molar-refractivity contribution is -0.133. The Morgan fingerprint density at radius 1 is 1.42 bits per heavy atom. The third-order valence-corrected chi connectivity index (χ3v) is 4.01. The highest BCUT2D eigenvalue weighted by Crippen LogP contribution is 2.20. The van der Waals surface area contributed by atoms with Crippen molar-refractivity contribution in [2.75, 3.05) is 7.05 Å². The summed E-state index contributed by atoms with van der Waals surface area (Å²) in [7, 11) is 1.77. The van der Waals surface area contributed by atoms with Gasteiger partial charge in [-0.05, 0) is 17.5 Å². The minimum absolute atomic E-state index is 0.0294. The molecule has 0 bridgehead atoms. The molecule has 0 aliphatic rings. The Kier molecular flexibility index (Phi) is 5.94. The molecule has 0 spiro atoms. The SMILES string of the molecule is CC(C)C(C(=O)N(C)Cc1ccccc1Br)C(N)=S. The van der Waals surface area contributed by atoms with E-state index in [0.717, 1.165) is 10.0 Å². The van der Waals surface area contributed by atoms with Crippen molar-refractivity contribution in [3.8, 4) is 0 Å². The molecule has 1 amide bonds. The van der Waals surface area contributed by atoms with E-state index in [4.69, 9.17) is 18.0 Å². The van der Waals surface area contributed by atoms with Crippen LogP contribution in [0.25, 0.3) is 0 Å². The fourth-order valence-electron chi connectivity index (χ4n) is 1.93. The summed E-state index contributed by atoms with van der Waals surface area (Å²) in [5.74, 6) is -0.326. The van der Waals surface area contributed by atoms with Crippen LogP contribution in [-0.2, 0) is 11.3 Å². The third-order valence-electron chi connectivity index (χ3n) is 2.98. The first-order valence-electron chi connectivity index (χ1n) is 6.12. The zero-order valence-electron chi connectivity index (χ0n) is 11.4. The second-order valence-corrected chi connectivity index (χ2v) is 6.24. The summed E-state index contributed by atoms with van der Waals surface area (Å²) in [6, 6.07) is 7.84. The van der Waals surface area contributed by atoms with Crippen molar-refractivity contribution in [1.29, 1.82) is 0 Å². The van der Waals surface area contributed by atoms with Crippen molar-refractivity contribution in [1.82, 2.24) is 4.90 Å². The number of rotatable bonds is 5. The largest absolute Gasteiger partial charge is 0.393 e. The van der Waals surface area contributed by atoms with Crippen LogP contribution in [0.5, 0.6) is 0 Å². The summed E-state index contributed by atoms with van der Waals surface area (Å²) in [6.45, 7) is 4.44. The van der Waals surface area contributed by atoms with Crippen LogP contribution in [0.4, 0.5) is 0 Å². The molecule has 1 aromatic carbocycles. The Morgan fingerprint density at radius 3 is 2.47 bits per heavy atom. The maximum atomic E-state index is 12.4. The Bertz CT molecular complexity index is 476. The number of benzene rings is 1. The van der Waals surface area contributed by atoms with Gasteiger partial charge < -0.3 is 10.6 Å². The Hall–Kier alpha value is -0.940. The van der Waals surface area contributed by atoms with Gasteiger partial charge in [-0.15, -0.1) is 0 Å². The normalized spacial score (nSPS) is 12.3. The molecule has 2 N–H and O–H groups in total. The van der Waals surface area contributed by atoms with Crippen molar-refractivity contribution >= 4 is 39.0 Å². The lowest BCUT2D eigenvalue weighted by Gasteiger charge is -2.25. The quantitative estimate of drug-likeness (QED) is 0.836. The predicted molar refractivity (Wildman–Crippen MR) is 85.7 cm³/mol. The highest BCUT2D eigenvalue weighted by molar-refractivity contribution is 9.10. The topological polar surface area (TPSA) is 46.3 Å². The van der Waals surface area contributed by atoms with Crippen LogP contribution in [0.15, 0.2) is 28.7 Å². The van der Waals surface area contributed by atoms with Crippen LogP contribution >= 0.6 is 28.1 Å². The predicted octanol–water partition coefficient (Wildman–Crippen LogP) is 2.97. The van der Waals surface area contributed by atoms with Gasteiger partial charge in [0.15, 0.2) is 0 Å². The fraction of sp³-hybridized carbons (Fsp3) is 0.429. The molecular formula is C14H19BrN2OS. The number of thiocarbonyl (C=S) groups is 1. The first-order valence-corrected chi connectivity index (χ1v) is 7.32. The molecule has 19 heavy (non-hydrogen) atoms. The second kappa shape index (κ2) is 7.01. The van der Waals surface area contributed by atoms with Gasteiger partial charge in [0.1, 0.15) is 0 Å². The van der Waals surface area contributed by atoms with Gasteiger partial charge in [0, 0.05) is 18.1 Å². The molecule has 0 heterocycles. The second-order valence-electron chi connectivity index (χ2n) is 4.91. The number of hydrogen-bond donors (Lipinski definition) is 1. The van der Waals surface area contributed by atoms with E-state index >= 15 is 0 Å². The molecule has 0 saturated heterocycles. The van der Waals surface area contributed by atoms with Crippen molar-refractivity contribution in [2.24, 2.45) is 17.6 Å². The smallest absolute Gasteiger partial charge is 0.232 e. The molecule has 0 aromatic heterocycles. The molecule has 1 rings (SSSR count). The zero-order chi connectivity index (χ0) is 14.6. The molecule has 0 aliphatic carbocycles. The minimum Gasteiger partial charge on any atom is -0.393 e. The van der Waals surface area contributed by atoms with Gasteiger partial charge in [-0.25, -0.2) is 0 Å². The number of carbonyl (C=O) groups is 1. The van der Waals surface area contributed by atoms with Crippen LogP contribution in [0.1, 0.15) is 19.4 Å². The number of amides is 1. The van der Waals surface area contributed by atoms with E-state index in [9.17, 15) is 4.79 Å². The van der Waals surface area contributed by atoms with Crippen molar-refractivity contribution in [3.63, 3.8) is 0 Å². The zero-order valence-corrected chi connectivity index (χ0v) is 13.8. The Morgan fingerprint density at radius 2 is 2.00 bits per heavy atom. The fourth-order valence-corrected chi connectivity index (χ4v) is 2.72. The first-order chi connectivity index (χ1) is 8.84. The molecule has 0 saturated carbocycles. The van der Waals surface area contributed by atoms with Gasteiger partial charge in [0.2, 0.25) is 5.91 Å². The Labute approximate surface area is 128 Å². The molecule has 0 radical (unpaired) electrons. The number of nitrogens with two attached hydrogens (primary N) is 1. The molecule has 0 aliphatic heterocycles. The van der Waals surface area contributed by atoms with Crippen LogP contribution in [0.3, 0.4) is 0 Å². The van der Waals surface area contributed by atoms with Crippen molar-refractivity contribution in [3.05, 3.63) is 34.3 Å². The van der Waals surface area contributed by atoms with Crippen molar-refractivity contribution in [2.45, 2.75) is 20.4 Å². The van der Waals surface area contributed by atoms with E-state index < -0.39 is 5.92 Å². The maximum Gasteiger partial charge on any atom is 0.232 e. The summed E-state index contributed by atoms with van der Waals surface area (Å²) >= 11 is 8.48. The lowest BCUT2D eigenvalue weighted by Crippen LogP contribution is -2.41. The van der Waals surface area contributed by atoms with E-state index in [2.05, 4.69) is 15.9 Å². The van der Waals surface area contributed by atoms with E-state index in [-0.39, 0.29) is 16.8 Å². The molecule has 1 unspecified atom stereocenters. The van der Waals surface area contributed by atoms with Gasteiger partial charge in [0.05, 0.1) is 10.9 Å². The molecule has 1 atom stereocenters.